The third kappa shape index (κ3) is 3.40. The Bertz CT molecular complexity index is 527. The number of hydrogen-bond acceptors (Lipinski definition) is 5. The second kappa shape index (κ2) is 6.13. The van der Waals surface area contributed by atoms with Crippen LogP contribution in [0.4, 0.5) is 11.6 Å². The summed E-state index contributed by atoms with van der Waals surface area (Å²) in [6, 6.07) is 7.72. The molecule has 0 saturated carbocycles. The number of nitrogen functional groups attached to an aromatic ring is 1. The van der Waals surface area contributed by atoms with Gasteiger partial charge in [-0.05, 0) is 19.1 Å². The maximum atomic E-state index is 5.83. The van der Waals surface area contributed by atoms with Crippen LogP contribution in [-0.2, 0) is 13.0 Å². The molecule has 0 unspecified atom stereocenters. The average molecular weight is 257 g/mol. The predicted molar refractivity (Wildman–Crippen MR) is 76.8 cm³/mol. The maximum absolute atomic E-state index is 5.83. The lowest BCUT2D eigenvalue weighted by Gasteiger charge is -2.22. The van der Waals surface area contributed by atoms with Gasteiger partial charge in [-0.25, -0.2) is 9.97 Å². The first kappa shape index (κ1) is 13.3. The van der Waals surface area contributed by atoms with Crippen molar-refractivity contribution in [2.75, 3.05) is 17.2 Å². The number of hydrogen-bond donors (Lipinski definition) is 1. The summed E-state index contributed by atoms with van der Waals surface area (Å²) in [7, 11) is 0. The topological polar surface area (TPSA) is 67.9 Å². The molecule has 0 radical (unpaired) electrons. The lowest BCUT2D eigenvalue weighted by Crippen LogP contribution is -2.24. The van der Waals surface area contributed by atoms with E-state index in [1.165, 1.54) is 0 Å². The van der Waals surface area contributed by atoms with Crippen LogP contribution in [0.25, 0.3) is 0 Å². The SMILES string of the molecule is CCc1nc(N)cc(N(CC)Cc2ccccn2)n1. The van der Waals surface area contributed by atoms with Gasteiger partial charge in [0.25, 0.3) is 0 Å². The number of pyridine rings is 1. The maximum Gasteiger partial charge on any atom is 0.134 e. The molecule has 0 aliphatic carbocycles. The van der Waals surface area contributed by atoms with Gasteiger partial charge in [-0.2, -0.15) is 0 Å². The predicted octanol–water partition coefficient (Wildman–Crippen LogP) is 2.04. The Morgan fingerprint density at radius 3 is 2.68 bits per heavy atom. The minimum atomic E-state index is 0.515. The van der Waals surface area contributed by atoms with Crippen molar-refractivity contribution in [3.8, 4) is 0 Å². The fraction of sp³-hybridized carbons (Fsp3) is 0.357. The van der Waals surface area contributed by atoms with E-state index in [2.05, 4.69) is 26.8 Å². The van der Waals surface area contributed by atoms with Crippen LogP contribution in [-0.4, -0.2) is 21.5 Å². The molecule has 0 aliphatic heterocycles. The Morgan fingerprint density at radius 1 is 1.21 bits per heavy atom. The van der Waals surface area contributed by atoms with E-state index in [0.29, 0.717) is 5.82 Å². The molecule has 2 rings (SSSR count). The number of aryl methyl sites for hydroxylation is 1. The fourth-order valence-corrected chi connectivity index (χ4v) is 1.87. The van der Waals surface area contributed by atoms with Crippen molar-refractivity contribution >= 4 is 11.6 Å². The van der Waals surface area contributed by atoms with Crippen LogP contribution in [0.1, 0.15) is 25.4 Å². The van der Waals surface area contributed by atoms with Gasteiger partial charge in [0, 0.05) is 25.2 Å². The smallest absolute Gasteiger partial charge is 0.134 e. The van der Waals surface area contributed by atoms with Gasteiger partial charge in [0.15, 0.2) is 0 Å². The second-order valence-corrected chi connectivity index (χ2v) is 4.26. The third-order valence-electron chi connectivity index (χ3n) is 2.88. The lowest BCUT2D eigenvalue weighted by atomic mass is 10.3. The Balaban J connectivity index is 2.24. The highest BCUT2D eigenvalue weighted by Gasteiger charge is 2.10. The van der Waals surface area contributed by atoms with Gasteiger partial charge in [-0.1, -0.05) is 13.0 Å². The molecular formula is C14H19N5. The minimum Gasteiger partial charge on any atom is -0.384 e. The summed E-state index contributed by atoms with van der Waals surface area (Å²) < 4.78 is 0. The summed E-state index contributed by atoms with van der Waals surface area (Å²) in [4.78, 5) is 15.2. The van der Waals surface area contributed by atoms with Gasteiger partial charge in [-0.15, -0.1) is 0 Å². The first-order valence-corrected chi connectivity index (χ1v) is 6.51. The molecule has 5 heteroatoms. The van der Waals surface area contributed by atoms with Gasteiger partial charge in [0.05, 0.1) is 12.2 Å². The van der Waals surface area contributed by atoms with Crippen molar-refractivity contribution < 1.29 is 0 Å². The van der Waals surface area contributed by atoms with Crippen LogP contribution in [0.15, 0.2) is 30.5 Å². The van der Waals surface area contributed by atoms with Gasteiger partial charge < -0.3 is 10.6 Å². The minimum absolute atomic E-state index is 0.515. The van der Waals surface area contributed by atoms with E-state index < -0.39 is 0 Å². The van der Waals surface area contributed by atoms with Crippen molar-refractivity contribution in [3.63, 3.8) is 0 Å². The Labute approximate surface area is 113 Å². The highest BCUT2D eigenvalue weighted by molar-refractivity contribution is 5.47. The molecule has 2 aromatic heterocycles. The molecule has 0 bridgehead atoms. The lowest BCUT2D eigenvalue weighted by molar-refractivity contribution is 0.781. The van der Waals surface area contributed by atoms with E-state index in [1.54, 1.807) is 6.20 Å². The number of rotatable bonds is 5. The summed E-state index contributed by atoms with van der Waals surface area (Å²) >= 11 is 0. The van der Waals surface area contributed by atoms with Crippen molar-refractivity contribution in [2.45, 2.75) is 26.8 Å². The van der Waals surface area contributed by atoms with Crippen LogP contribution < -0.4 is 10.6 Å². The van der Waals surface area contributed by atoms with E-state index in [4.69, 9.17) is 5.73 Å². The normalized spacial score (nSPS) is 10.4. The Hall–Kier alpha value is -2.17. The summed E-state index contributed by atoms with van der Waals surface area (Å²) in [6.45, 7) is 5.67. The molecular weight excluding hydrogens is 238 g/mol. The molecule has 2 heterocycles. The zero-order valence-corrected chi connectivity index (χ0v) is 11.4. The van der Waals surface area contributed by atoms with Crippen molar-refractivity contribution in [1.29, 1.82) is 0 Å². The van der Waals surface area contributed by atoms with Gasteiger partial charge >= 0.3 is 0 Å². The number of nitrogens with zero attached hydrogens (tertiary/aromatic N) is 4. The van der Waals surface area contributed by atoms with Crippen molar-refractivity contribution in [1.82, 2.24) is 15.0 Å². The molecule has 5 nitrogen and oxygen atoms in total. The number of anilines is 2. The van der Waals surface area contributed by atoms with Crippen LogP contribution >= 0.6 is 0 Å². The first-order chi connectivity index (χ1) is 9.22. The van der Waals surface area contributed by atoms with Crippen LogP contribution in [0.2, 0.25) is 0 Å². The molecule has 0 aliphatic rings. The quantitative estimate of drug-likeness (QED) is 0.887. The van der Waals surface area contributed by atoms with Gasteiger partial charge in [0.2, 0.25) is 0 Å². The molecule has 2 N–H and O–H groups in total. The van der Waals surface area contributed by atoms with Crippen molar-refractivity contribution in [2.24, 2.45) is 0 Å². The van der Waals surface area contributed by atoms with E-state index in [-0.39, 0.29) is 0 Å². The molecule has 0 fully saturated rings. The highest BCUT2D eigenvalue weighted by atomic mass is 15.2. The summed E-state index contributed by atoms with van der Waals surface area (Å²) in [6.07, 6.45) is 2.58. The monoisotopic (exact) mass is 257 g/mol. The van der Waals surface area contributed by atoms with E-state index in [1.807, 2.05) is 31.2 Å². The average Bonchev–Trinajstić information content (AvgIpc) is 2.45. The number of aromatic nitrogens is 3. The zero-order chi connectivity index (χ0) is 13.7. The molecule has 0 atom stereocenters. The molecule has 100 valence electrons. The van der Waals surface area contributed by atoms with Crippen molar-refractivity contribution in [3.05, 3.63) is 42.0 Å². The van der Waals surface area contributed by atoms with Crippen LogP contribution in [0, 0.1) is 0 Å². The number of nitrogens with two attached hydrogens (primary N) is 1. The third-order valence-corrected chi connectivity index (χ3v) is 2.88. The molecule has 0 aromatic carbocycles. The van der Waals surface area contributed by atoms with Gasteiger partial charge in [0.1, 0.15) is 17.5 Å². The molecule has 0 spiro atoms. The van der Waals surface area contributed by atoms with E-state index in [0.717, 1.165) is 36.8 Å². The largest absolute Gasteiger partial charge is 0.384 e. The molecule has 2 aromatic rings. The van der Waals surface area contributed by atoms with Crippen LogP contribution in [0.3, 0.4) is 0 Å². The van der Waals surface area contributed by atoms with E-state index >= 15 is 0 Å². The summed E-state index contributed by atoms with van der Waals surface area (Å²) in [5.74, 6) is 2.15. The molecule has 0 amide bonds. The standard InChI is InChI=1S/C14H19N5/c1-3-13-17-12(15)9-14(18-13)19(4-2)10-11-7-5-6-8-16-11/h5-9H,3-4,10H2,1-2H3,(H2,15,17,18). The van der Waals surface area contributed by atoms with E-state index in [9.17, 15) is 0 Å². The van der Waals surface area contributed by atoms with Crippen LogP contribution in [0.5, 0.6) is 0 Å². The van der Waals surface area contributed by atoms with Gasteiger partial charge in [-0.3, -0.25) is 4.98 Å². The molecule has 19 heavy (non-hydrogen) atoms. The zero-order valence-electron chi connectivity index (χ0n) is 11.4. The first-order valence-electron chi connectivity index (χ1n) is 6.51. The fourth-order valence-electron chi connectivity index (χ4n) is 1.87. The highest BCUT2D eigenvalue weighted by Crippen LogP contribution is 2.16. The Kier molecular flexibility index (Phi) is 4.28. The molecule has 0 saturated heterocycles. The second-order valence-electron chi connectivity index (χ2n) is 4.26. The summed E-state index contributed by atoms with van der Waals surface area (Å²) in [5, 5.41) is 0. The Morgan fingerprint density at radius 2 is 2.05 bits per heavy atom. The summed E-state index contributed by atoms with van der Waals surface area (Å²) in [5.41, 5.74) is 6.84.